The standard InChI is InChI=1S/C18H13FN4O2/c1-11-16(17(23-24-11)13-6-2-3-7-14(13)19)18-21-15(22-25-18)9-12-5-4-8-20-10-12/h2-8,10H,9H2,1H3. The van der Waals surface area contributed by atoms with Crippen molar-refractivity contribution in [3.05, 3.63) is 71.8 Å². The fraction of sp³-hybridized carbons (Fsp3) is 0.111. The van der Waals surface area contributed by atoms with E-state index < -0.39 is 5.82 Å². The molecule has 124 valence electrons. The Bertz CT molecular complexity index is 1010. The largest absolute Gasteiger partial charge is 0.360 e. The van der Waals surface area contributed by atoms with Crippen molar-refractivity contribution in [3.63, 3.8) is 0 Å². The van der Waals surface area contributed by atoms with Crippen LogP contribution in [0.25, 0.3) is 22.7 Å². The summed E-state index contributed by atoms with van der Waals surface area (Å²) in [7, 11) is 0. The summed E-state index contributed by atoms with van der Waals surface area (Å²) in [5, 5.41) is 7.95. The summed E-state index contributed by atoms with van der Waals surface area (Å²) in [4.78, 5) is 8.46. The molecule has 0 saturated heterocycles. The molecule has 0 atom stereocenters. The maximum absolute atomic E-state index is 14.1. The Kier molecular flexibility index (Phi) is 3.81. The maximum Gasteiger partial charge on any atom is 0.263 e. The number of halogens is 1. The molecule has 7 heteroatoms. The Morgan fingerprint density at radius 3 is 2.72 bits per heavy atom. The van der Waals surface area contributed by atoms with Crippen LogP contribution in [0.4, 0.5) is 4.39 Å². The molecule has 0 saturated carbocycles. The van der Waals surface area contributed by atoms with Gasteiger partial charge in [0.25, 0.3) is 5.89 Å². The van der Waals surface area contributed by atoms with E-state index in [4.69, 9.17) is 9.05 Å². The Morgan fingerprint density at radius 1 is 1.04 bits per heavy atom. The number of benzene rings is 1. The first-order chi connectivity index (χ1) is 12.2. The van der Waals surface area contributed by atoms with Crippen molar-refractivity contribution in [2.45, 2.75) is 13.3 Å². The van der Waals surface area contributed by atoms with Gasteiger partial charge >= 0.3 is 0 Å². The summed E-state index contributed by atoms with van der Waals surface area (Å²) in [6, 6.07) is 10.1. The normalized spacial score (nSPS) is 11.0. The van der Waals surface area contributed by atoms with Gasteiger partial charge in [-0.25, -0.2) is 4.39 Å². The lowest BCUT2D eigenvalue weighted by Crippen LogP contribution is -1.92. The zero-order valence-electron chi connectivity index (χ0n) is 13.3. The fourth-order valence-corrected chi connectivity index (χ4v) is 2.57. The van der Waals surface area contributed by atoms with E-state index in [1.807, 2.05) is 12.1 Å². The Balaban J connectivity index is 1.72. The molecule has 0 radical (unpaired) electrons. The van der Waals surface area contributed by atoms with Gasteiger partial charge in [0.1, 0.15) is 22.8 Å². The van der Waals surface area contributed by atoms with Crippen LogP contribution in [0.1, 0.15) is 17.1 Å². The summed E-state index contributed by atoms with van der Waals surface area (Å²) >= 11 is 0. The van der Waals surface area contributed by atoms with Crippen LogP contribution in [0.5, 0.6) is 0 Å². The minimum absolute atomic E-state index is 0.246. The molecule has 3 heterocycles. The van der Waals surface area contributed by atoms with Crippen molar-refractivity contribution in [1.29, 1.82) is 0 Å². The molecule has 0 amide bonds. The van der Waals surface area contributed by atoms with E-state index in [2.05, 4.69) is 20.3 Å². The molecule has 0 unspecified atom stereocenters. The molecule has 0 N–H and O–H groups in total. The average Bonchev–Trinajstić information content (AvgIpc) is 3.22. The van der Waals surface area contributed by atoms with Gasteiger partial charge in [-0.15, -0.1) is 0 Å². The van der Waals surface area contributed by atoms with Crippen LogP contribution < -0.4 is 0 Å². The number of hydrogen-bond donors (Lipinski definition) is 0. The van der Waals surface area contributed by atoms with E-state index in [1.54, 1.807) is 37.5 Å². The first-order valence-electron chi connectivity index (χ1n) is 7.65. The molecule has 0 aliphatic carbocycles. The molecule has 3 aromatic heterocycles. The predicted molar refractivity (Wildman–Crippen MR) is 87.0 cm³/mol. The molecule has 0 fully saturated rings. The molecule has 0 aliphatic rings. The summed E-state index contributed by atoms with van der Waals surface area (Å²) in [6.07, 6.45) is 3.93. The van der Waals surface area contributed by atoms with Gasteiger partial charge in [-0.05, 0) is 30.7 Å². The number of rotatable bonds is 4. The van der Waals surface area contributed by atoms with E-state index in [0.717, 1.165) is 5.56 Å². The van der Waals surface area contributed by atoms with Gasteiger partial charge in [0.2, 0.25) is 0 Å². The van der Waals surface area contributed by atoms with E-state index in [-0.39, 0.29) is 5.89 Å². The highest BCUT2D eigenvalue weighted by Gasteiger charge is 2.23. The second kappa shape index (κ2) is 6.27. The topological polar surface area (TPSA) is 77.8 Å². The van der Waals surface area contributed by atoms with Gasteiger partial charge < -0.3 is 9.05 Å². The van der Waals surface area contributed by atoms with Crippen LogP contribution in [0.2, 0.25) is 0 Å². The van der Waals surface area contributed by atoms with E-state index in [0.29, 0.717) is 34.8 Å². The van der Waals surface area contributed by atoms with Gasteiger partial charge in [-0.1, -0.05) is 28.5 Å². The zero-order chi connectivity index (χ0) is 17.2. The van der Waals surface area contributed by atoms with Gasteiger partial charge in [-0.2, -0.15) is 4.98 Å². The number of nitrogens with zero attached hydrogens (tertiary/aromatic N) is 4. The molecule has 0 spiro atoms. The van der Waals surface area contributed by atoms with E-state index >= 15 is 0 Å². The predicted octanol–water partition coefficient (Wildman–Crippen LogP) is 3.82. The van der Waals surface area contributed by atoms with E-state index in [9.17, 15) is 4.39 Å². The lowest BCUT2D eigenvalue weighted by atomic mass is 10.1. The maximum atomic E-state index is 14.1. The first-order valence-corrected chi connectivity index (χ1v) is 7.65. The van der Waals surface area contributed by atoms with Gasteiger partial charge in [-0.3, -0.25) is 4.98 Å². The SMILES string of the molecule is Cc1onc(-c2ccccc2F)c1-c1nc(Cc2cccnc2)no1. The molecule has 0 aliphatic heterocycles. The Hall–Kier alpha value is -3.35. The number of aryl methyl sites for hydroxylation is 1. The molecule has 4 aromatic rings. The van der Waals surface area contributed by atoms with Crippen LogP contribution in [-0.4, -0.2) is 20.3 Å². The number of aromatic nitrogens is 4. The molecule has 6 nitrogen and oxygen atoms in total. The quantitative estimate of drug-likeness (QED) is 0.564. The van der Waals surface area contributed by atoms with Crippen LogP contribution in [0.15, 0.2) is 57.8 Å². The summed E-state index contributed by atoms with van der Waals surface area (Å²) in [5.41, 5.74) is 2.12. The van der Waals surface area contributed by atoms with Crippen molar-refractivity contribution in [2.24, 2.45) is 0 Å². The molecular formula is C18H13FN4O2. The van der Waals surface area contributed by atoms with E-state index in [1.165, 1.54) is 6.07 Å². The third-order valence-corrected chi connectivity index (χ3v) is 3.76. The minimum Gasteiger partial charge on any atom is -0.360 e. The third kappa shape index (κ3) is 2.91. The van der Waals surface area contributed by atoms with Crippen LogP contribution in [-0.2, 0) is 6.42 Å². The molecular weight excluding hydrogens is 323 g/mol. The van der Waals surface area contributed by atoms with Crippen molar-refractivity contribution in [2.75, 3.05) is 0 Å². The molecule has 1 aromatic carbocycles. The van der Waals surface area contributed by atoms with Gasteiger partial charge in [0, 0.05) is 24.4 Å². The van der Waals surface area contributed by atoms with Gasteiger partial charge in [0.15, 0.2) is 5.82 Å². The van der Waals surface area contributed by atoms with Gasteiger partial charge in [0.05, 0.1) is 0 Å². The molecule has 4 rings (SSSR count). The molecule has 0 bridgehead atoms. The monoisotopic (exact) mass is 336 g/mol. The van der Waals surface area contributed by atoms with Crippen molar-refractivity contribution in [3.8, 4) is 22.7 Å². The smallest absolute Gasteiger partial charge is 0.263 e. The van der Waals surface area contributed by atoms with Crippen LogP contribution in [0, 0.1) is 12.7 Å². The Labute approximate surface area is 142 Å². The van der Waals surface area contributed by atoms with Crippen LogP contribution >= 0.6 is 0 Å². The zero-order valence-corrected chi connectivity index (χ0v) is 13.3. The fourth-order valence-electron chi connectivity index (χ4n) is 2.57. The number of hydrogen-bond acceptors (Lipinski definition) is 6. The Morgan fingerprint density at radius 2 is 1.92 bits per heavy atom. The highest BCUT2D eigenvalue weighted by atomic mass is 19.1. The lowest BCUT2D eigenvalue weighted by molar-refractivity contribution is 0.397. The summed E-state index contributed by atoms with van der Waals surface area (Å²) in [6.45, 7) is 1.72. The second-order valence-corrected chi connectivity index (χ2v) is 5.50. The second-order valence-electron chi connectivity index (χ2n) is 5.50. The molecule has 25 heavy (non-hydrogen) atoms. The average molecular weight is 336 g/mol. The lowest BCUT2D eigenvalue weighted by Gasteiger charge is -1.99. The highest BCUT2D eigenvalue weighted by Crippen LogP contribution is 2.34. The highest BCUT2D eigenvalue weighted by molar-refractivity contribution is 5.78. The van der Waals surface area contributed by atoms with Crippen molar-refractivity contribution >= 4 is 0 Å². The third-order valence-electron chi connectivity index (χ3n) is 3.76. The van der Waals surface area contributed by atoms with Crippen LogP contribution in [0.3, 0.4) is 0 Å². The summed E-state index contributed by atoms with van der Waals surface area (Å²) in [5.74, 6) is 0.834. The van der Waals surface area contributed by atoms with Crippen molar-refractivity contribution in [1.82, 2.24) is 20.3 Å². The van der Waals surface area contributed by atoms with Crippen molar-refractivity contribution < 1.29 is 13.4 Å². The minimum atomic E-state index is -0.396. The first kappa shape index (κ1) is 15.2. The summed E-state index contributed by atoms with van der Waals surface area (Å²) < 4.78 is 24.7. The number of pyridine rings is 1.